The van der Waals surface area contributed by atoms with Gasteiger partial charge >= 0.3 is 6.18 Å². The highest BCUT2D eigenvalue weighted by molar-refractivity contribution is 5.97. The molecule has 0 bridgehead atoms. The standard InChI is InChI=1S/C31H30F3N5O2/c1-19-25-26(20-14-16-38(17-15-20)24-13-12-23(18-35-24)31(32,33)34)37-39(29(25)36-30(41)28(19)40)27(21-8-4-2-5-9-21)22-10-6-3-7-11-22/h2-13,18-20,27-28,40H,14-17H2,1H3,(H,36,41)/t19-,28-/m0/s1. The first-order valence-corrected chi connectivity index (χ1v) is 13.7. The lowest BCUT2D eigenvalue weighted by atomic mass is 9.84. The summed E-state index contributed by atoms with van der Waals surface area (Å²) in [7, 11) is 0. The van der Waals surface area contributed by atoms with Crippen molar-refractivity contribution in [1.82, 2.24) is 14.8 Å². The fraction of sp³-hybridized carbons (Fsp3) is 0.323. The largest absolute Gasteiger partial charge is 0.417 e. The number of aromatic nitrogens is 3. The Morgan fingerprint density at radius 3 is 2.10 bits per heavy atom. The second kappa shape index (κ2) is 10.7. The quantitative estimate of drug-likeness (QED) is 0.325. The van der Waals surface area contributed by atoms with Crippen LogP contribution >= 0.6 is 0 Å². The minimum atomic E-state index is -4.43. The van der Waals surface area contributed by atoms with Crippen LogP contribution in [0.15, 0.2) is 79.0 Å². The number of piperidine rings is 1. The molecule has 2 aromatic carbocycles. The van der Waals surface area contributed by atoms with E-state index in [-0.39, 0.29) is 12.0 Å². The van der Waals surface area contributed by atoms with Gasteiger partial charge in [0.05, 0.1) is 11.3 Å². The summed E-state index contributed by atoms with van der Waals surface area (Å²) in [6.07, 6.45) is -3.35. The molecule has 0 unspecified atom stereocenters. The number of amides is 1. The number of benzene rings is 2. The molecule has 0 saturated carbocycles. The number of pyridine rings is 1. The van der Waals surface area contributed by atoms with Crippen molar-refractivity contribution < 1.29 is 23.1 Å². The lowest BCUT2D eigenvalue weighted by molar-refractivity contribution is -0.137. The molecule has 4 aromatic rings. The van der Waals surface area contributed by atoms with Gasteiger partial charge in [0.2, 0.25) is 0 Å². The van der Waals surface area contributed by atoms with Gasteiger partial charge in [0.25, 0.3) is 5.91 Å². The number of halogens is 3. The van der Waals surface area contributed by atoms with Crippen molar-refractivity contribution in [2.75, 3.05) is 23.3 Å². The van der Waals surface area contributed by atoms with Crippen LogP contribution in [0.25, 0.3) is 0 Å². The van der Waals surface area contributed by atoms with E-state index >= 15 is 0 Å². The molecule has 1 amide bonds. The molecule has 2 atom stereocenters. The van der Waals surface area contributed by atoms with Gasteiger partial charge in [-0.05, 0) is 36.1 Å². The van der Waals surface area contributed by atoms with Gasteiger partial charge in [-0.3, -0.25) is 4.79 Å². The third kappa shape index (κ3) is 5.08. The van der Waals surface area contributed by atoms with Gasteiger partial charge in [0, 0.05) is 36.7 Å². The number of carbonyl (C=O) groups excluding carboxylic acids is 1. The van der Waals surface area contributed by atoms with Gasteiger partial charge in [0.1, 0.15) is 23.8 Å². The van der Waals surface area contributed by atoms with Crippen molar-refractivity contribution in [1.29, 1.82) is 0 Å². The van der Waals surface area contributed by atoms with Gasteiger partial charge in [-0.1, -0.05) is 67.6 Å². The number of alkyl halides is 3. The van der Waals surface area contributed by atoms with E-state index in [9.17, 15) is 23.1 Å². The molecule has 0 spiro atoms. The second-order valence-corrected chi connectivity index (χ2v) is 10.7. The fourth-order valence-corrected chi connectivity index (χ4v) is 5.97. The lowest BCUT2D eigenvalue weighted by Gasteiger charge is -2.33. The number of aliphatic hydroxyl groups excluding tert-OH is 1. The topological polar surface area (TPSA) is 83.3 Å². The maximum Gasteiger partial charge on any atom is 0.417 e. The van der Waals surface area contributed by atoms with Crippen LogP contribution in [0.4, 0.5) is 24.8 Å². The zero-order chi connectivity index (χ0) is 28.7. The van der Waals surface area contributed by atoms with E-state index in [1.807, 2.05) is 77.2 Å². The number of hydrogen-bond acceptors (Lipinski definition) is 5. The minimum Gasteiger partial charge on any atom is -0.383 e. The van der Waals surface area contributed by atoms with Crippen molar-refractivity contribution in [3.63, 3.8) is 0 Å². The van der Waals surface area contributed by atoms with Crippen LogP contribution in [0.1, 0.15) is 65.6 Å². The maximum atomic E-state index is 13.0. The predicted octanol–water partition coefficient (Wildman–Crippen LogP) is 5.74. The van der Waals surface area contributed by atoms with Crippen molar-refractivity contribution in [3.8, 4) is 0 Å². The van der Waals surface area contributed by atoms with Gasteiger partial charge in [-0.2, -0.15) is 18.3 Å². The highest BCUT2D eigenvalue weighted by Crippen LogP contribution is 2.44. The Morgan fingerprint density at radius 2 is 1.56 bits per heavy atom. The van der Waals surface area contributed by atoms with E-state index in [4.69, 9.17) is 5.10 Å². The van der Waals surface area contributed by atoms with Crippen molar-refractivity contribution in [2.24, 2.45) is 0 Å². The van der Waals surface area contributed by atoms with E-state index < -0.39 is 29.7 Å². The fourth-order valence-electron chi connectivity index (χ4n) is 5.97. The van der Waals surface area contributed by atoms with Crippen LogP contribution in [-0.4, -0.2) is 45.0 Å². The summed E-state index contributed by atoms with van der Waals surface area (Å²) < 4.78 is 40.8. The van der Waals surface area contributed by atoms with E-state index in [1.165, 1.54) is 6.07 Å². The number of nitrogens with zero attached hydrogens (tertiary/aromatic N) is 4. The third-order valence-corrected chi connectivity index (χ3v) is 8.17. The molecule has 0 aliphatic carbocycles. The first-order valence-electron chi connectivity index (χ1n) is 13.7. The number of aliphatic hydroxyl groups is 1. The highest BCUT2D eigenvalue weighted by Gasteiger charge is 2.41. The van der Waals surface area contributed by atoms with E-state index in [0.29, 0.717) is 37.6 Å². The summed E-state index contributed by atoms with van der Waals surface area (Å²) >= 11 is 0. The number of rotatable bonds is 5. The monoisotopic (exact) mass is 561 g/mol. The molecule has 10 heteroatoms. The highest BCUT2D eigenvalue weighted by atomic mass is 19.4. The molecule has 2 N–H and O–H groups in total. The third-order valence-electron chi connectivity index (χ3n) is 8.17. The SMILES string of the molecule is C[C@H]1c2c(C3CCN(c4ccc(C(F)(F)F)cn4)CC3)nn(C(c3ccccc3)c3ccccc3)c2NC(=O)[C@H]1O. The Kier molecular flexibility index (Phi) is 7.03. The average molecular weight is 562 g/mol. The van der Waals surface area contributed by atoms with Gasteiger partial charge in [0.15, 0.2) is 0 Å². The first-order chi connectivity index (χ1) is 19.7. The van der Waals surface area contributed by atoms with E-state index in [0.717, 1.165) is 34.6 Å². The van der Waals surface area contributed by atoms with Crippen LogP contribution in [0.3, 0.4) is 0 Å². The molecule has 2 aromatic heterocycles. The Balaban J connectivity index is 1.36. The number of anilines is 2. The Bertz CT molecular complexity index is 1480. The Hall–Kier alpha value is -4.18. The Morgan fingerprint density at radius 1 is 0.951 bits per heavy atom. The lowest BCUT2D eigenvalue weighted by Crippen LogP contribution is -2.38. The Labute approximate surface area is 235 Å². The van der Waals surface area contributed by atoms with Gasteiger partial charge in [-0.15, -0.1) is 0 Å². The molecule has 41 heavy (non-hydrogen) atoms. The van der Waals surface area contributed by atoms with Crippen molar-refractivity contribution >= 4 is 17.5 Å². The number of hydrogen-bond donors (Lipinski definition) is 2. The van der Waals surface area contributed by atoms with E-state index in [1.54, 1.807) is 0 Å². The maximum absolute atomic E-state index is 13.0. The first kappa shape index (κ1) is 27.0. The summed E-state index contributed by atoms with van der Waals surface area (Å²) in [4.78, 5) is 18.9. The summed E-state index contributed by atoms with van der Waals surface area (Å²) in [5, 5.41) is 18.8. The molecule has 4 heterocycles. The molecular formula is C31H30F3N5O2. The van der Waals surface area contributed by atoms with Crippen LogP contribution < -0.4 is 10.2 Å². The van der Waals surface area contributed by atoms with Gasteiger partial charge < -0.3 is 15.3 Å². The summed E-state index contributed by atoms with van der Waals surface area (Å²) in [5.41, 5.74) is 2.91. The van der Waals surface area contributed by atoms with Crippen LogP contribution in [0, 0.1) is 0 Å². The molecule has 6 rings (SSSR count). The molecule has 7 nitrogen and oxygen atoms in total. The predicted molar refractivity (Wildman–Crippen MR) is 149 cm³/mol. The second-order valence-electron chi connectivity index (χ2n) is 10.7. The summed E-state index contributed by atoms with van der Waals surface area (Å²) in [5.74, 6) is 0.221. The van der Waals surface area contributed by atoms with Crippen molar-refractivity contribution in [2.45, 2.75) is 49.9 Å². The molecule has 1 saturated heterocycles. The molecule has 2 aliphatic heterocycles. The molecule has 1 fully saturated rings. The summed E-state index contributed by atoms with van der Waals surface area (Å²) in [6.45, 7) is 3.03. The van der Waals surface area contributed by atoms with Gasteiger partial charge in [-0.25, -0.2) is 9.67 Å². The molecular weight excluding hydrogens is 531 g/mol. The minimum absolute atomic E-state index is 0.0348. The summed E-state index contributed by atoms with van der Waals surface area (Å²) in [6, 6.07) is 22.1. The molecule has 212 valence electrons. The van der Waals surface area contributed by atoms with Crippen LogP contribution in [0.5, 0.6) is 0 Å². The smallest absolute Gasteiger partial charge is 0.383 e. The number of carbonyl (C=O) groups is 1. The molecule has 0 radical (unpaired) electrons. The van der Waals surface area contributed by atoms with Crippen LogP contribution in [0.2, 0.25) is 0 Å². The zero-order valence-electron chi connectivity index (χ0n) is 22.4. The van der Waals surface area contributed by atoms with E-state index in [2.05, 4.69) is 10.3 Å². The average Bonchev–Trinajstić information content (AvgIpc) is 3.35. The van der Waals surface area contributed by atoms with Crippen molar-refractivity contribution in [3.05, 3.63) is 107 Å². The van der Waals surface area contributed by atoms with Crippen LogP contribution in [-0.2, 0) is 11.0 Å². The molecule has 2 aliphatic rings. The zero-order valence-corrected chi connectivity index (χ0v) is 22.4. The number of fused-ring (bicyclic) bond motifs is 1. The normalized spacial score (nSPS) is 19.8. The number of nitrogens with one attached hydrogen (secondary N) is 1.